The van der Waals surface area contributed by atoms with Crippen LogP contribution in [0.3, 0.4) is 0 Å². The van der Waals surface area contributed by atoms with Crippen molar-refractivity contribution in [2.24, 2.45) is 11.8 Å². The van der Waals surface area contributed by atoms with Crippen molar-refractivity contribution in [1.82, 2.24) is 15.1 Å². The van der Waals surface area contributed by atoms with Gasteiger partial charge in [-0.25, -0.2) is 0 Å². The first kappa shape index (κ1) is 64.3. The summed E-state index contributed by atoms with van der Waals surface area (Å²) >= 11 is 0. The lowest BCUT2D eigenvalue weighted by Gasteiger charge is -2.34. The van der Waals surface area contributed by atoms with Gasteiger partial charge in [-0.2, -0.15) is 0 Å². The molecule has 0 aromatic heterocycles. The molecule has 402 valence electrons. The van der Waals surface area contributed by atoms with Crippen LogP contribution in [0.1, 0.15) is 285 Å². The second-order valence-electron chi connectivity index (χ2n) is 21.3. The monoisotopic (exact) mass is 962 g/mol. The minimum Gasteiger partial charge on any atom is -0.465 e. The Hall–Kier alpha value is -1.71. The van der Waals surface area contributed by atoms with Crippen molar-refractivity contribution in [3.05, 3.63) is 0 Å². The molecule has 0 spiro atoms. The SMILES string of the molecule is CCCCCCCCC(CCCCCC)CNC(=O)CCCCCN(CCCCCO)CCN(CCCCC(COC(=O)CCCCCCC)COC(=O)CCCCCCC)C1CCCCCC1. The second-order valence-corrected chi connectivity index (χ2v) is 21.3. The molecule has 68 heavy (non-hydrogen) atoms. The average molecular weight is 963 g/mol. The van der Waals surface area contributed by atoms with Gasteiger partial charge in [-0.05, 0) is 109 Å². The standard InChI is InChI=1S/C59H115N3O6/c1-5-9-13-17-20-26-38-54(37-25-16-12-8-4)51-60-57(64)42-29-23-33-45-61(46-34-24-36-50-63)48-49-62(56-40-27-21-22-28-41-56)47-35-32-39-55(52-67-58(65)43-30-18-14-10-6-2)53-68-59(66)44-31-19-15-11-7-3/h54-56,63H,5-53H2,1-4H3,(H,60,64). The Morgan fingerprint density at radius 1 is 0.471 bits per heavy atom. The molecule has 0 aromatic rings. The molecule has 2 N–H and O–H groups in total. The summed E-state index contributed by atoms with van der Waals surface area (Å²) in [5, 5.41) is 12.8. The van der Waals surface area contributed by atoms with Gasteiger partial charge in [0, 0.05) is 57.5 Å². The van der Waals surface area contributed by atoms with Crippen molar-refractivity contribution in [2.75, 3.05) is 59.1 Å². The van der Waals surface area contributed by atoms with Crippen LogP contribution in [0.5, 0.6) is 0 Å². The predicted octanol–water partition coefficient (Wildman–Crippen LogP) is 15.1. The Kier molecular flexibility index (Phi) is 46.2. The maximum absolute atomic E-state index is 13.0. The van der Waals surface area contributed by atoms with Gasteiger partial charge in [-0.15, -0.1) is 0 Å². The maximum Gasteiger partial charge on any atom is 0.305 e. The quantitative estimate of drug-likeness (QED) is 0.0353. The molecule has 0 aliphatic heterocycles. The van der Waals surface area contributed by atoms with Gasteiger partial charge in [-0.1, -0.05) is 182 Å². The normalized spacial score (nSPS) is 13.9. The Labute approximate surface area is 421 Å². The Morgan fingerprint density at radius 2 is 0.897 bits per heavy atom. The highest BCUT2D eigenvalue weighted by molar-refractivity contribution is 5.75. The van der Waals surface area contributed by atoms with Crippen LogP contribution in [0.25, 0.3) is 0 Å². The number of rotatable bonds is 50. The van der Waals surface area contributed by atoms with E-state index in [1.807, 2.05) is 0 Å². The molecule has 0 aromatic carbocycles. The van der Waals surface area contributed by atoms with Crippen LogP contribution in [0.15, 0.2) is 0 Å². The van der Waals surface area contributed by atoms with Crippen molar-refractivity contribution in [1.29, 1.82) is 0 Å². The number of carbonyl (C=O) groups is 3. The van der Waals surface area contributed by atoms with Crippen LogP contribution in [0.2, 0.25) is 0 Å². The molecule has 9 nitrogen and oxygen atoms in total. The maximum atomic E-state index is 13.0. The van der Waals surface area contributed by atoms with Gasteiger partial charge in [0.2, 0.25) is 5.91 Å². The molecule has 0 heterocycles. The molecule has 1 unspecified atom stereocenters. The third-order valence-corrected chi connectivity index (χ3v) is 14.8. The Morgan fingerprint density at radius 3 is 1.44 bits per heavy atom. The second kappa shape index (κ2) is 48.9. The van der Waals surface area contributed by atoms with Crippen molar-refractivity contribution < 1.29 is 29.0 Å². The van der Waals surface area contributed by atoms with E-state index in [2.05, 4.69) is 42.8 Å². The fourth-order valence-electron chi connectivity index (χ4n) is 10.2. The zero-order valence-electron chi connectivity index (χ0n) is 45.8. The fourth-order valence-corrected chi connectivity index (χ4v) is 10.2. The highest BCUT2D eigenvalue weighted by Crippen LogP contribution is 2.24. The van der Waals surface area contributed by atoms with E-state index in [1.54, 1.807) is 0 Å². The number of ether oxygens (including phenoxy) is 2. The van der Waals surface area contributed by atoms with E-state index >= 15 is 0 Å². The van der Waals surface area contributed by atoms with E-state index < -0.39 is 0 Å². The Bertz CT molecular complexity index is 1090. The van der Waals surface area contributed by atoms with Crippen LogP contribution >= 0.6 is 0 Å². The summed E-state index contributed by atoms with van der Waals surface area (Å²) in [7, 11) is 0. The third kappa shape index (κ3) is 39.9. The largest absolute Gasteiger partial charge is 0.465 e. The van der Waals surface area contributed by atoms with Gasteiger partial charge in [-0.3, -0.25) is 19.3 Å². The number of nitrogens with zero attached hydrogens (tertiary/aromatic N) is 2. The van der Waals surface area contributed by atoms with E-state index in [9.17, 15) is 19.5 Å². The average Bonchev–Trinajstić information content (AvgIpc) is 3.63. The van der Waals surface area contributed by atoms with E-state index in [1.165, 1.54) is 154 Å². The number of esters is 2. The van der Waals surface area contributed by atoms with Crippen molar-refractivity contribution in [3.63, 3.8) is 0 Å². The minimum absolute atomic E-state index is 0.0297. The molecule has 0 radical (unpaired) electrons. The molecule has 1 amide bonds. The number of aliphatic hydroxyl groups is 1. The van der Waals surface area contributed by atoms with Crippen molar-refractivity contribution in [3.8, 4) is 0 Å². The van der Waals surface area contributed by atoms with Crippen molar-refractivity contribution >= 4 is 17.8 Å². The van der Waals surface area contributed by atoms with Gasteiger partial charge >= 0.3 is 11.9 Å². The van der Waals surface area contributed by atoms with E-state index in [-0.39, 0.29) is 30.4 Å². The fraction of sp³-hybridized carbons (Fsp3) is 0.949. The minimum atomic E-state index is -0.120. The highest BCUT2D eigenvalue weighted by Gasteiger charge is 2.22. The van der Waals surface area contributed by atoms with Crippen LogP contribution in [-0.4, -0.2) is 97.9 Å². The van der Waals surface area contributed by atoms with E-state index in [0.717, 1.165) is 123 Å². The lowest BCUT2D eigenvalue weighted by atomic mass is 9.94. The zero-order chi connectivity index (χ0) is 49.4. The van der Waals surface area contributed by atoms with Crippen LogP contribution in [0, 0.1) is 11.8 Å². The molecule has 1 saturated carbocycles. The summed E-state index contributed by atoms with van der Waals surface area (Å²) in [5.41, 5.74) is 0. The lowest BCUT2D eigenvalue weighted by Crippen LogP contribution is -2.42. The number of aliphatic hydroxyl groups excluding tert-OH is 1. The van der Waals surface area contributed by atoms with E-state index in [0.29, 0.717) is 44.4 Å². The van der Waals surface area contributed by atoms with Gasteiger partial charge in [0.1, 0.15) is 0 Å². The molecule has 9 heteroatoms. The van der Waals surface area contributed by atoms with Crippen molar-refractivity contribution in [2.45, 2.75) is 291 Å². The molecular formula is C59H115N3O6. The molecule has 1 atom stereocenters. The van der Waals surface area contributed by atoms with Gasteiger partial charge in [0.05, 0.1) is 13.2 Å². The summed E-state index contributed by atoms with van der Waals surface area (Å²) in [4.78, 5) is 43.9. The lowest BCUT2D eigenvalue weighted by molar-refractivity contribution is -0.149. The summed E-state index contributed by atoms with van der Waals surface area (Å²) in [6, 6.07) is 0.626. The first-order chi connectivity index (χ1) is 33.4. The zero-order valence-corrected chi connectivity index (χ0v) is 45.8. The number of unbranched alkanes of at least 4 members (excludes halogenated alkanes) is 21. The summed E-state index contributed by atoms with van der Waals surface area (Å²) in [6.07, 6.45) is 45.3. The molecule has 0 saturated heterocycles. The molecular weight excluding hydrogens is 847 g/mol. The van der Waals surface area contributed by atoms with Gasteiger partial charge in [0.25, 0.3) is 0 Å². The predicted molar refractivity (Wildman–Crippen MR) is 288 cm³/mol. The number of amides is 1. The molecule has 0 bridgehead atoms. The third-order valence-electron chi connectivity index (χ3n) is 14.8. The molecule has 1 aliphatic carbocycles. The van der Waals surface area contributed by atoms with Gasteiger partial charge in [0.15, 0.2) is 0 Å². The van der Waals surface area contributed by atoms with Crippen LogP contribution < -0.4 is 5.32 Å². The van der Waals surface area contributed by atoms with Crippen LogP contribution in [0.4, 0.5) is 0 Å². The summed E-state index contributed by atoms with van der Waals surface area (Å²) in [6.45, 7) is 16.1. The Balaban J connectivity index is 2.76. The number of hydrogen-bond donors (Lipinski definition) is 2. The highest BCUT2D eigenvalue weighted by atomic mass is 16.5. The summed E-state index contributed by atoms with van der Waals surface area (Å²) < 4.78 is 11.6. The number of hydrogen-bond acceptors (Lipinski definition) is 8. The number of nitrogens with one attached hydrogen (secondary N) is 1. The van der Waals surface area contributed by atoms with Gasteiger partial charge < -0.3 is 24.8 Å². The molecule has 1 rings (SSSR count). The first-order valence-electron chi connectivity index (χ1n) is 30.0. The molecule has 1 aliphatic rings. The first-order valence-corrected chi connectivity index (χ1v) is 30.0. The van der Waals surface area contributed by atoms with Crippen LogP contribution in [-0.2, 0) is 23.9 Å². The topological polar surface area (TPSA) is 108 Å². The van der Waals surface area contributed by atoms with E-state index in [4.69, 9.17) is 9.47 Å². The molecule has 1 fully saturated rings. The number of carbonyl (C=O) groups excluding carboxylic acids is 3. The summed E-state index contributed by atoms with van der Waals surface area (Å²) in [5.74, 6) is 0.646. The smallest absolute Gasteiger partial charge is 0.305 e.